The molecular weight excluding hydrogens is 218 g/mol. The quantitative estimate of drug-likeness (QED) is 0.790. The van der Waals surface area contributed by atoms with E-state index in [1.807, 2.05) is 11.7 Å². The summed E-state index contributed by atoms with van der Waals surface area (Å²) in [6, 6.07) is 0. The number of hydrogen-bond donors (Lipinski definition) is 1. The Hall–Kier alpha value is -1.07. The van der Waals surface area contributed by atoms with Crippen LogP contribution < -0.4 is 5.73 Å². The van der Waals surface area contributed by atoms with Crippen LogP contribution in [-0.2, 0) is 22.9 Å². The summed E-state index contributed by atoms with van der Waals surface area (Å²) in [5.41, 5.74) is 7.66. The molecule has 0 bridgehead atoms. The molecule has 2 heterocycles. The van der Waals surface area contributed by atoms with Crippen molar-refractivity contribution in [3.05, 3.63) is 11.9 Å². The molecule has 1 atom stereocenters. The molecule has 2 N–H and O–H groups in total. The number of anilines is 1. The van der Waals surface area contributed by atoms with Crippen molar-refractivity contribution in [3.8, 4) is 0 Å². The minimum absolute atomic E-state index is 0.00707. The first kappa shape index (κ1) is 12.4. The van der Waals surface area contributed by atoms with Gasteiger partial charge in [-0.2, -0.15) is 5.10 Å². The lowest BCUT2D eigenvalue weighted by Crippen LogP contribution is -2.22. The Morgan fingerprint density at radius 3 is 3.12 bits per heavy atom. The molecule has 5 nitrogen and oxygen atoms in total. The van der Waals surface area contributed by atoms with Gasteiger partial charge in [-0.15, -0.1) is 0 Å². The molecule has 5 heteroatoms. The van der Waals surface area contributed by atoms with E-state index in [1.54, 1.807) is 6.20 Å². The first-order valence-corrected chi connectivity index (χ1v) is 6.27. The van der Waals surface area contributed by atoms with Crippen molar-refractivity contribution in [1.29, 1.82) is 0 Å². The summed E-state index contributed by atoms with van der Waals surface area (Å²) in [4.78, 5) is 0. The molecule has 17 heavy (non-hydrogen) atoms. The third-order valence-electron chi connectivity index (χ3n) is 3.09. The minimum Gasteiger partial charge on any atom is -0.396 e. The van der Waals surface area contributed by atoms with E-state index >= 15 is 0 Å². The first-order valence-electron chi connectivity index (χ1n) is 6.27. The van der Waals surface area contributed by atoms with Gasteiger partial charge in [-0.25, -0.2) is 0 Å². The molecule has 96 valence electrons. The maximum Gasteiger partial charge on any atom is 0.157 e. The number of nitrogen functional groups attached to an aromatic ring is 1. The smallest absolute Gasteiger partial charge is 0.157 e. The Kier molecular flexibility index (Phi) is 4.39. The molecule has 0 radical (unpaired) electrons. The fourth-order valence-electron chi connectivity index (χ4n) is 2.08. The van der Waals surface area contributed by atoms with Gasteiger partial charge in [-0.3, -0.25) is 4.68 Å². The van der Waals surface area contributed by atoms with E-state index in [0.717, 1.165) is 50.3 Å². The predicted octanol–water partition coefficient (Wildman–Crippen LogP) is 1.48. The molecule has 1 aliphatic heterocycles. The number of hydrogen-bond acceptors (Lipinski definition) is 4. The summed E-state index contributed by atoms with van der Waals surface area (Å²) in [6.07, 6.45) is 6.94. The Balaban J connectivity index is 1.66. The van der Waals surface area contributed by atoms with E-state index in [1.165, 1.54) is 6.42 Å². The second-order valence-corrected chi connectivity index (χ2v) is 4.44. The van der Waals surface area contributed by atoms with Crippen LogP contribution in [0.1, 0.15) is 31.4 Å². The largest absolute Gasteiger partial charge is 0.396 e. The molecule has 0 amide bonds. The van der Waals surface area contributed by atoms with Crippen LogP contribution in [0.2, 0.25) is 0 Å². The lowest BCUT2D eigenvalue weighted by atomic mass is 10.2. The highest BCUT2D eigenvalue weighted by molar-refractivity contribution is 5.40. The van der Waals surface area contributed by atoms with Crippen LogP contribution in [0.15, 0.2) is 6.20 Å². The highest BCUT2D eigenvalue weighted by atomic mass is 16.7. The zero-order valence-corrected chi connectivity index (χ0v) is 10.4. The van der Waals surface area contributed by atoms with E-state index in [2.05, 4.69) is 5.10 Å². The molecule has 0 spiro atoms. The zero-order chi connectivity index (χ0) is 12.1. The molecule has 2 rings (SSSR count). The van der Waals surface area contributed by atoms with Gasteiger partial charge in [0.05, 0.1) is 24.2 Å². The normalized spacial score (nSPS) is 20.6. The van der Waals surface area contributed by atoms with Crippen molar-refractivity contribution < 1.29 is 9.47 Å². The van der Waals surface area contributed by atoms with Gasteiger partial charge in [0.2, 0.25) is 0 Å². The SMILES string of the molecule is Cn1ncc(N)c1CCCOC1CCCCO1. The molecule has 1 aliphatic rings. The van der Waals surface area contributed by atoms with Gasteiger partial charge in [-0.1, -0.05) is 0 Å². The average Bonchev–Trinajstić information content (AvgIpc) is 2.67. The Morgan fingerprint density at radius 1 is 1.59 bits per heavy atom. The fourth-order valence-corrected chi connectivity index (χ4v) is 2.08. The Bertz CT molecular complexity index is 326. The summed E-state index contributed by atoms with van der Waals surface area (Å²) < 4.78 is 13.0. The molecule has 0 saturated carbocycles. The third-order valence-corrected chi connectivity index (χ3v) is 3.09. The number of nitrogens with zero attached hydrogens (tertiary/aromatic N) is 2. The van der Waals surface area contributed by atoms with Gasteiger partial charge in [0.25, 0.3) is 0 Å². The van der Waals surface area contributed by atoms with E-state index in [4.69, 9.17) is 15.2 Å². The number of aromatic nitrogens is 2. The van der Waals surface area contributed by atoms with Gasteiger partial charge in [0, 0.05) is 13.7 Å². The molecular formula is C12H21N3O2. The van der Waals surface area contributed by atoms with Crippen LogP contribution in [0.3, 0.4) is 0 Å². The molecule has 1 aromatic heterocycles. The third kappa shape index (κ3) is 3.44. The van der Waals surface area contributed by atoms with Gasteiger partial charge < -0.3 is 15.2 Å². The maximum atomic E-state index is 5.82. The molecule has 1 unspecified atom stereocenters. The summed E-state index contributed by atoms with van der Waals surface area (Å²) in [6.45, 7) is 1.55. The van der Waals surface area contributed by atoms with Gasteiger partial charge in [0.1, 0.15) is 0 Å². The van der Waals surface area contributed by atoms with Gasteiger partial charge in [0.15, 0.2) is 6.29 Å². The highest BCUT2D eigenvalue weighted by Crippen LogP contribution is 2.15. The molecule has 0 aromatic carbocycles. The number of aryl methyl sites for hydroxylation is 1. The van der Waals surface area contributed by atoms with Crippen molar-refractivity contribution >= 4 is 5.69 Å². The predicted molar refractivity (Wildman–Crippen MR) is 65.5 cm³/mol. The number of rotatable bonds is 5. The fraction of sp³-hybridized carbons (Fsp3) is 0.750. The maximum absolute atomic E-state index is 5.82. The van der Waals surface area contributed by atoms with Gasteiger partial charge >= 0.3 is 0 Å². The highest BCUT2D eigenvalue weighted by Gasteiger charge is 2.13. The second-order valence-electron chi connectivity index (χ2n) is 4.44. The number of ether oxygens (including phenoxy) is 2. The second kappa shape index (κ2) is 6.02. The average molecular weight is 239 g/mol. The van der Waals surface area contributed by atoms with Crippen molar-refractivity contribution in [2.75, 3.05) is 18.9 Å². The molecule has 1 aromatic rings. The summed E-state index contributed by atoms with van der Waals surface area (Å²) in [7, 11) is 1.91. The van der Waals surface area contributed by atoms with Crippen LogP contribution in [0.5, 0.6) is 0 Å². The van der Waals surface area contributed by atoms with Crippen LogP contribution in [0, 0.1) is 0 Å². The minimum atomic E-state index is 0.00707. The summed E-state index contributed by atoms with van der Waals surface area (Å²) >= 11 is 0. The Morgan fingerprint density at radius 2 is 2.47 bits per heavy atom. The lowest BCUT2D eigenvalue weighted by Gasteiger charge is -2.22. The molecule has 1 saturated heterocycles. The van der Waals surface area contributed by atoms with Crippen LogP contribution >= 0.6 is 0 Å². The van der Waals surface area contributed by atoms with Crippen molar-refractivity contribution in [2.45, 2.75) is 38.4 Å². The zero-order valence-electron chi connectivity index (χ0n) is 10.4. The lowest BCUT2D eigenvalue weighted by molar-refractivity contribution is -0.162. The molecule has 0 aliphatic carbocycles. The Labute approximate surface area is 102 Å². The number of nitrogens with two attached hydrogens (primary N) is 1. The van der Waals surface area contributed by atoms with Crippen molar-refractivity contribution in [1.82, 2.24) is 9.78 Å². The van der Waals surface area contributed by atoms with Crippen molar-refractivity contribution in [2.24, 2.45) is 7.05 Å². The summed E-state index contributed by atoms with van der Waals surface area (Å²) in [5.74, 6) is 0. The van der Waals surface area contributed by atoms with E-state index in [0.29, 0.717) is 0 Å². The van der Waals surface area contributed by atoms with Crippen molar-refractivity contribution in [3.63, 3.8) is 0 Å². The van der Waals surface area contributed by atoms with E-state index in [9.17, 15) is 0 Å². The first-order chi connectivity index (χ1) is 8.27. The van der Waals surface area contributed by atoms with Crippen LogP contribution in [0.25, 0.3) is 0 Å². The molecule has 1 fully saturated rings. The standard InChI is InChI=1S/C12H21N3O2/c1-15-11(10(13)9-14-15)5-4-8-17-12-6-2-3-7-16-12/h9,12H,2-8,13H2,1H3. The topological polar surface area (TPSA) is 62.3 Å². The van der Waals surface area contributed by atoms with E-state index in [-0.39, 0.29) is 6.29 Å². The summed E-state index contributed by atoms with van der Waals surface area (Å²) in [5, 5.41) is 4.11. The van der Waals surface area contributed by atoms with E-state index < -0.39 is 0 Å². The van der Waals surface area contributed by atoms with Crippen LogP contribution in [-0.4, -0.2) is 29.3 Å². The monoisotopic (exact) mass is 239 g/mol. The van der Waals surface area contributed by atoms with Crippen LogP contribution in [0.4, 0.5) is 5.69 Å². The van der Waals surface area contributed by atoms with Gasteiger partial charge in [-0.05, 0) is 32.1 Å².